The van der Waals surface area contributed by atoms with Gasteiger partial charge in [-0.1, -0.05) is 18.2 Å². The molecule has 0 radical (unpaired) electrons. The molecule has 0 unspecified atom stereocenters. The van der Waals surface area contributed by atoms with Crippen LogP contribution in [0.5, 0.6) is 0 Å². The number of hydrogen-bond acceptors (Lipinski definition) is 4. The van der Waals surface area contributed by atoms with Gasteiger partial charge >= 0.3 is 0 Å². The molecule has 0 aliphatic heterocycles. The first-order valence-corrected chi connectivity index (χ1v) is 11.5. The molecule has 2 N–H and O–H groups in total. The maximum Gasteiger partial charge on any atom is 0.191 e. The number of hydrogen-bond donors (Lipinski definition) is 2. The lowest BCUT2D eigenvalue weighted by Gasteiger charge is -2.30. The normalized spacial score (nSPS) is 12.8. The van der Waals surface area contributed by atoms with Gasteiger partial charge in [-0.3, -0.25) is 9.89 Å². The smallest absolute Gasteiger partial charge is 0.191 e. The molecular formula is C20H36N4O2S. The summed E-state index contributed by atoms with van der Waals surface area (Å²) >= 11 is 0. The number of nitrogens with zero attached hydrogens (tertiary/aromatic N) is 2. The van der Waals surface area contributed by atoms with E-state index in [1.807, 2.05) is 13.0 Å². The number of aliphatic imine (C=N–C) groups is 1. The summed E-state index contributed by atoms with van der Waals surface area (Å²) in [5.41, 5.74) is 0. The highest BCUT2D eigenvalue weighted by Crippen LogP contribution is 2.09. The molecule has 0 atom stereocenters. The lowest BCUT2D eigenvalue weighted by molar-refractivity contribution is 0.174. The molecule has 7 heteroatoms. The van der Waals surface area contributed by atoms with E-state index in [1.54, 1.807) is 24.3 Å². The Morgan fingerprint density at radius 1 is 1.07 bits per heavy atom. The number of rotatable bonds is 11. The van der Waals surface area contributed by atoms with Crippen LogP contribution in [-0.2, 0) is 9.84 Å². The number of guanidine groups is 1. The molecule has 0 aromatic heterocycles. The van der Waals surface area contributed by atoms with Crippen LogP contribution >= 0.6 is 0 Å². The van der Waals surface area contributed by atoms with Crippen molar-refractivity contribution in [1.29, 1.82) is 0 Å². The lowest BCUT2D eigenvalue weighted by atomic mass is 10.2. The minimum Gasteiger partial charge on any atom is -0.357 e. The van der Waals surface area contributed by atoms with Gasteiger partial charge in [0.25, 0.3) is 0 Å². The number of sulfone groups is 1. The molecule has 0 heterocycles. The minimum atomic E-state index is -3.28. The van der Waals surface area contributed by atoms with Gasteiger partial charge in [-0.05, 0) is 53.2 Å². The molecule has 1 rings (SSSR count). The number of benzene rings is 1. The molecule has 0 bridgehead atoms. The summed E-state index contributed by atoms with van der Waals surface area (Å²) in [6.07, 6.45) is 0.968. The second kappa shape index (κ2) is 12.0. The van der Waals surface area contributed by atoms with Gasteiger partial charge in [0.1, 0.15) is 0 Å². The molecule has 0 aliphatic rings. The van der Waals surface area contributed by atoms with Crippen molar-refractivity contribution in [3.8, 4) is 0 Å². The van der Waals surface area contributed by atoms with E-state index in [4.69, 9.17) is 0 Å². The van der Waals surface area contributed by atoms with Gasteiger partial charge < -0.3 is 10.6 Å². The summed E-state index contributed by atoms with van der Waals surface area (Å²) in [4.78, 5) is 7.37. The van der Waals surface area contributed by atoms with Crippen molar-refractivity contribution in [2.75, 3.05) is 31.9 Å². The largest absolute Gasteiger partial charge is 0.357 e. The first-order chi connectivity index (χ1) is 12.8. The molecule has 0 aliphatic carbocycles. The molecule has 0 saturated carbocycles. The second-order valence-corrected chi connectivity index (χ2v) is 9.21. The summed E-state index contributed by atoms with van der Waals surface area (Å²) in [5.74, 6) is 0.706. The zero-order chi connectivity index (χ0) is 20.3. The minimum absolute atomic E-state index is 0.0376. The van der Waals surface area contributed by atoms with Crippen LogP contribution in [0, 0.1) is 0 Å². The monoisotopic (exact) mass is 396 g/mol. The van der Waals surface area contributed by atoms with Crippen LogP contribution in [0.2, 0.25) is 0 Å². The number of nitrogens with one attached hydrogen (secondary N) is 2. The highest BCUT2D eigenvalue weighted by Gasteiger charge is 2.14. The van der Waals surface area contributed by atoms with Crippen molar-refractivity contribution in [3.63, 3.8) is 0 Å². The predicted octanol–water partition coefficient (Wildman–Crippen LogP) is 2.52. The van der Waals surface area contributed by atoms with E-state index in [-0.39, 0.29) is 5.75 Å². The highest BCUT2D eigenvalue weighted by molar-refractivity contribution is 7.91. The highest BCUT2D eigenvalue weighted by atomic mass is 32.2. The Kier molecular flexibility index (Phi) is 10.4. The molecule has 154 valence electrons. The Bertz CT molecular complexity index is 650. The fraction of sp³-hybridized carbons (Fsp3) is 0.650. The Labute approximate surface area is 165 Å². The molecule has 27 heavy (non-hydrogen) atoms. The average molecular weight is 397 g/mol. The summed E-state index contributed by atoms with van der Waals surface area (Å²) in [7, 11) is -3.28. The molecular weight excluding hydrogens is 360 g/mol. The molecule has 0 amide bonds. The zero-order valence-electron chi connectivity index (χ0n) is 17.4. The molecule has 1 aromatic carbocycles. The summed E-state index contributed by atoms with van der Waals surface area (Å²) in [5, 5.41) is 6.30. The molecule has 0 saturated heterocycles. The molecule has 1 aromatic rings. The third kappa shape index (κ3) is 8.75. The van der Waals surface area contributed by atoms with Gasteiger partial charge in [0.15, 0.2) is 15.8 Å². The zero-order valence-corrected chi connectivity index (χ0v) is 18.2. The first-order valence-electron chi connectivity index (χ1n) is 9.83. The van der Waals surface area contributed by atoms with Crippen LogP contribution in [0.15, 0.2) is 40.2 Å². The average Bonchev–Trinajstić information content (AvgIpc) is 2.61. The van der Waals surface area contributed by atoms with Crippen molar-refractivity contribution in [3.05, 3.63) is 30.3 Å². The Balaban J connectivity index is 2.50. The lowest BCUT2D eigenvalue weighted by Crippen LogP contribution is -2.40. The fourth-order valence-corrected chi connectivity index (χ4v) is 4.13. The van der Waals surface area contributed by atoms with Gasteiger partial charge in [-0.15, -0.1) is 0 Å². The van der Waals surface area contributed by atoms with Crippen LogP contribution in [0.3, 0.4) is 0 Å². The van der Waals surface area contributed by atoms with E-state index in [2.05, 4.69) is 48.2 Å². The van der Waals surface area contributed by atoms with E-state index in [1.165, 1.54) is 0 Å². The van der Waals surface area contributed by atoms with Crippen LogP contribution in [-0.4, -0.2) is 63.3 Å². The van der Waals surface area contributed by atoms with Crippen molar-refractivity contribution in [2.24, 2.45) is 4.99 Å². The van der Waals surface area contributed by atoms with E-state index < -0.39 is 9.84 Å². The van der Waals surface area contributed by atoms with E-state index >= 15 is 0 Å². The van der Waals surface area contributed by atoms with E-state index in [9.17, 15) is 8.42 Å². The van der Waals surface area contributed by atoms with E-state index in [0.29, 0.717) is 36.0 Å². The van der Waals surface area contributed by atoms with Crippen molar-refractivity contribution >= 4 is 15.8 Å². The van der Waals surface area contributed by atoms with Crippen LogP contribution in [0.4, 0.5) is 0 Å². The topological polar surface area (TPSA) is 73.8 Å². The van der Waals surface area contributed by atoms with Crippen molar-refractivity contribution in [2.45, 2.75) is 58.0 Å². The Morgan fingerprint density at radius 3 is 2.26 bits per heavy atom. The van der Waals surface area contributed by atoms with Gasteiger partial charge in [0.2, 0.25) is 0 Å². The van der Waals surface area contributed by atoms with Gasteiger partial charge in [0.05, 0.1) is 10.6 Å². The summed E-state index contributed by atoms with van der Waals surface area (Å²) in [6.45, 7) is 13.6. The van der Waals surface area contributed by atoms with Crippen LogP contribution in [0.25, 0.3) is 0 Å². The fourth-order valence-electron chi connectivity index (χ4n) is 2.95. The third-order valence-corrected chi connectivity index (χ3v) is 6.01. The van der Waals surface area contributed by atoms with Crippen LogP contribution in [0.1, 0.15) is 41.0 Å². The van der Waals surface area contributed by atoms with E-state index in [0.717, 1.165) is 19.5 Å². The molecule has 0 spiro atoms. The Morgan fingerprint density at radius 2 is 1.70 bits per heavy atom. The van der Waals surface area contributed by atoms with Gasteiger partial charge in [-0.2, -0.15) is 0 Å². The van der Waals surface area contributed by atoms with Crippen molar-refractivity contribution < 1.29 is 8.42 Å². The SMILES string of the molecule is CCNC(=NCCCN(C(C)C)C(C)C)NCCS(=O)(=O)c1ccccc1. The third-order valence-electron chi connectivity index (χ3n) is 4.28. The van der Waals surface area contributed by atoms with Gasteiger partial charge in [0, 0.05) is 38.3 Å². The predicted molar refractivity (Wildman–Crippen MR) is 114 cm³/mol. The summed E-state index contributed by atoms with van der Waals surface area (Å²) in [6, 6.07) is 9.58. The molecule has 6 nitrogen and oxygen atoms in total. The standard InChI is InChI=1S/C20H36N4O2S/c1-6-21-20(22-13-10-15-24(17(2)3)18(4)5)23-14-16-27(25,26)19-11-8-7-9-12-19/h7-9,11-12,17-18H,6,10,13-16H2,1-5H3,(H2,21,22,23). The quantitative estimate of drug-likeness (QED) is 0.342. The van der Waals surface area contributed by atoms with Crippen LogP contribution < -0.4 is 10.6 Å². The van der Waals surface area contributed by atoms with Crippen molar-refractivity contribution in [1.82, 2.24) is 15.5 Å². The second-order valence-electron chi connectivity index (χ2n) is 7.10. The maximum atomic E-state index is 12.3. The maximum absolute atomic E-state index is 12.3. The Hall–Kier alpha value is -1.60. The molecule has 0 fully saturated rings. The summed E-state index contributed by atoms with van der Waals surface area (Å²) < 4.78 is 24.7. The first kappa shape index (κ1) is 23.4. The van der Waals surface area contributed by atoms with Gasteiger partial charge in [-0.25, -0.2) is 8.42 Å².